The van der Waals surface area contributed by atoms with Gasteiger partial charge in [-0.2, -0.15) is 11.8 Å². The van der Waals surface area contributed by atoms with E-state index < -0.39 is 35.8 Å². The number of carboxylic acid groups (broad SMARTS) is 1. The Kier molecular flexibility index (Phi) is 11.6. The molecule has 0 saturated heterocycles. The molecule has 3 amide bonds. The van der Waals surface area contributed by atoms with Crippen molar-refractivity contribution in [2.45, 2.75) is 38.8 Å². The van der Waals surface area contributed by atoms with Crippen LogP contribution in [0.2, 0.25) is 0 Å². The second kappa shape index (κ2) is 12.5. The van der Waals surface area contributed by atoms with Gasteiger partial charge >= 0.3 is 5.97 Å². The van der Waals surface area contributed by atoms with Crippen LogP contribution in [0.15, 0.2) is 0 Å². The van der Waals surface area contributed by atoms with Crippen molar-refractivity contribution in [3.05, 3.63) is 0 Å². The molecule has 10 heteroatoms. The minimum absolute atomic E-state index is 0.256. The summed E-state index contributed by atoms with van der Waals surface area (Å²) in [5.41, 5.74) is 5.68. The average Bonchev–Trinajstić information content (AvgIpc) is 2.53. The van der Waals surface area contributed by atoms with Crippen LogP contribution in [0.25, 0.3) is 0 Å². The van der Waals surface area contributed by atoms with Crippen molar-refractivity contribution in [1.29, 1.82) is 0 Å². The molecule has 2 unspecified atom stereocenters. The summed E-state index contributed by atoms with van der Waals surface area (Å²) >= 11 is 1.47. The lowest BCUT2D eigenvalue weighted by atomic mass is 10.0. The smallest absolute Gasteiger partial charge is 0.326 e. The fourth-order valence-corrected chi connectivity index (χ4v) is 2.36. The van der Waals surface area contributed by atoms with E-state index in [1.54, 1.807) is 0 Å². The van der Waals surface area contributed by atoms with Gasteiger partial charge in [0.2, 0.25) is 17.7 Å². The van der Waals surface area contributed by atoms with Crippen molar-refractivity contribution in [1.82, 2.24) is 16.0 Å². The number of hydrogen-bond acceptors (Lipinski definition) is 6. The van der Waals surface area contributed by atoms with E-state index in [4.69, 9.17) is 10.8 Å². The SMILES string of the molecule is CSCCC(NC(=O)CNC(=O)CNC(=O)C(N)CC(C)C)C(=O)O. The van der Waals surface area contributed by atoms with E-state index in [1.165, 1.54) is 11.8 Å². The Bertz CT molecular complexity index is 473. The quantitative estimate of drug-likeness (QED) is 0.290. The number of thioether (sulfide) groups is 1. The molecule has 0 spiro atoms. The number of aliphatic carboxylic acids is 1. The molecule has 9 nitrogen and oxygen atoms in total. The molecule has 0 heterocycles. The molecule has 0 aromatic heterocycles. The fraction of sp³-hybridized carbons (Fsp3) is 0.733. The summed E-state index contributed by atoms with van der Waals surface area (Å²) in [7, 11) is 0. The molecule has 6 N–H and O–H groups in total. The Hall–Kier alpha value is -1.81. The van der Waals surface area contributed by atoms with Crippen molar-refractivity contribution in [2.75, 3.05) is 25.1 Å². The maximum absolute atomic E-state index is 11.7. The topological polar surface area (TPSA) is 151 Å². The summed E-state index contributed by atoms with van der Waals surface area (Å²) in [6.45, 7) is 3.20. The number of carbonyl (C=O) groups is 4. The van der Waals surface area contributed by atoms with Gasteiger partial charge in [-0.05, 0) is 30.8 Å². The number of nitrogens with two attached hydrogens (primary N) is 1. The lowest BCUT2D eigenvalue weighted by Crippen LogP contribution is -2.48. The molecule has 25 heavy (non-hydrogen) atoms. The maximum atomic E-state index is 11.7. The van der Waals surface area contributed by atoms with E-state index in [-0.39, 0.29) is 19.0 Å². The minimum atomic E-state index is -1.12. The molecule has 144 valence electrons. The highest BCUT2D eigenvalue weighted by molar-refractivity contribution is 7.98. The van der Waals surface area contributed by atoms with Crippen molar-refractivity contribution in [2.24, 2.45) is 11.7 Å². The number of amides is 3. The van der Waals surface area contributed by atoms with Crippen LogP contribution in [0, 0.1) is 5.92 Å². The number of carboxylic acids is 1. The zero-order valence-corrected chi connectivity index (χ0v) is 15.6. The Morgan fingerprint density at radius 3 is 2.20 bits per heavy atom. The lowest BCUT2D eigenvalue weighted by molar-refractivity contribution is -0.141. The molecule has 2 atom stereocenters. The summed E-state index contributed by atoms with van der Waals surface area (Å²) in [5.74, 6) is -1.88. The molecular formula is C15H28N4O5S. The van der Waals surface area contributed by atoms with Gasteiger partial charge in [0.25, 0.3) is 0 Å². The van der Waals surface area contributed by atoms with Crippen molar-refractivity contribution >= 4 is 35.5 Å². The van der Waals surface area contributed by atoms with Crippen molar-refractivity contribution < 1.29 is 24.3 Å². The monoisotopic (exact) mass is 376 g/mol. The standard InChI is InChI=1S/C15H28N4O5S/c1-9(2)6-10(16)14(22)18-7-12(20)17-8-13(21)19-11(15(23)24)4-5-25-3/h9-11H,4-8,16H2,1-3H3,(H,17,20)(H,18,22)(H,19,21)(H,23,24). The molecule has 0 bridgehead atoms. The van der Waals surface area contributed by atoms with E-state index in [0.717, 1.165) is 0 Å². The van der Waals surface area contributed by atoms with E-state index in [2.05, 4.69) is 16.0 Å². The summed E-state index contributed by atoms with van der Waals surface area (Å²) in [4.78, 5) is 46.0. The molecule has 0 aliphatic heterocycles. The molecule has 0 aromatic rings. The predicted molar refractivity (Wildman–Crippen MR) is 96.0 cm³/mol. The maximum Gasteiger partial charge on any atom is 0.326 e. The molecule has 0 fully saturated rings. The minimum Gasteiger partial charge on any atom is -0.480 e. The van der Waals surface area contributed by atoms with Crippen LogP contribution in [0.1, 0.15) is 26.7 Å². The number of carbonyl (C=O) groups excluding carboxylic acids is 3. The van der Waals surface area contributed by atoms with Crippen molar-refractivity contribution in [3.8, 4) is 0 Å². The van der Waals surface area contributed by atoms with Crippen molar-refractivity contribution in [3.63, 3.8) is 0 Å². The third-order valence-corrected chi connectivity index (χ3v) is 3.82. The largest absolute Gasteiger partial charge is 0.480 e. The zero-order valence-electron chi connectivity index (χ0n) is 14.8. The summed E-state index contributed by atoms with van der Waals surface area (Å²) < 4.78 is 0. The Morgan fingerprint density at radius 1 is 1.08 bits per heavy atom. The third kappa shape index (κ3) is 11.4. The van der Waals surface area contributed by atoms with Crippen LogP contribution in [0.3, 0.4) is 0 Å². The second-order valence-electron chi connectivity index (χ2n) is 5.97. The highest BCUT2D eigenvalue weighted by Crippen LogP contribution is 2.02. The number of rotatable bonds is 12. The Labute approximate surface area is 151 Å². The molecule has 0 saturated carbocycles. The second-order valence-corrected chi connectivity index (χ2v) is 6.96. The van der Waals surface area contributed by atoms with Gasteiger partial charge in [0.15, 0.2) is 0 Å². The summed E-state index contributed by atoms with van der Waals surface area (Å²) in [5, 5.41) is 16.1. The van der Waals surface area contributed by atoms with Gasteiger partial charge < -0.3 is 26.8 Å². The van der Waals surface area contributed by atoms with Crippen LogP contribution in [0.4, 0.5) is 0 Å². The van der Waals surface area contributed by atoms with Gasteiger partial charge in [0, 0.05) is 0 Å². The predicted octanol–water partition coefficient (Wildman–Crippen LogP) is -1.09. The normalized spacial score (nSPS) is 13.0. The van der Waals surface area contributed by atoms with E-state index in [0.29, 0.717) is 18.6 Å². The van der Waals surface area contributed by atoms with Gasteiger partial charge in [-0.25, -0.2) is 4.79 Å². The van der Waals surface area contributed by atoms with E-state index in [1.807, 2.05) is 20.1 Å². The number of hydrogen-bond donors (Lipinski definition) is 5. The Morgan fingerprint density at radius 2 is 1.68 bits per heavy atom. The molecule has 0 radical (unpaired) electrons. The van der Waals surface area contributed by atoms with Crippen LogP contribution >= 0.6 is 11.8 Å². The van der Waals surface area contributed by atoms with Crippen LogP contribution in [-0.2, 0) is 19.2 Å². The van der Waals surface area contributed by atoms with Gasteiger partial charge in [0.05, 0.1) is 19.1 Å². The first-order valence-electron chi connectivity index (χ1n) is 7.98. The molecule has 0 aliphatic carbocycles. The third-order valence-electron chi connectivity index (χ3n) is 3.18. The lowest BCUT2D eigenvalue weighted by Gasteiger charge is -2.15. The van der Waals surface area contributed by atoms with E-state index in [9.17, 15) is 19.2 Å². The molecular weight excluding hydrogens is 348 g/mol. The highest BCUT2D eigenvalue weighted by atomic mass is 32.2. The first-order chi connectivity index (χ1) is 11.7. The first kappa shape index (κ1) is 23.2. The molecule has 0 aliphatic rings. The summed E-state index contributed by atoms with van der Waals surface area (Å²) in [6.07, 6.45) is 2.63. The van der Waals surface area contributed by atoms with Crippen LogP contribution in [-0.4, -0.2) is 66.0 Å². The fourth-order valence-electron chi connectivity index (χ4n) is 1.89. The summed E-state index contributed by atoms with van der Waals surface area (Å²) in [6, 6.07) is -1.69. The van der Waals surface area contributed by atoms with Gasteiger partial charge in [0.1, 0.15) is 6.04 Å². The number of nitrogens with one attached hydrogen (secondary N) is 3. The van der Waals surface area contributed by atoms with Gasteiger partial charge in [-0.3, -0.25) is 14.4 Å². The highest BCUT2D eigenvalue weighted by Gasteiger charge is 2.20. The molecule has 0 rings (SSSR count). The molecule has 0 aromatic carbocycles. The van der Waals surface area contributed by atoms with Crippen LogP contribution in [0.5, 0.6) is 0 Å². The zero-order chi connectivity index (χ0) is 19.4. The van der Waals surface area contributed by atoms with E-state index >= 15 is 0 Å². The Balaban J connectivity index is 4.13. The van der Waals surface area contributed by atoms with Gasteiger partial charge in [-0.15, -0.1) is 0 Å². The average molecular weight is 376 g/mol. The van der Waals surface area contributed by atoms with Crippen LogP contribution < -0.4 is 21.7 Å². The first-order valence-corrected chi connectivity index (χ1v) is 9.37. The van der Waals surface area contributed by atoms with Gasteiger partial charge in [-0.1, -0.05) is 13.8 Å².